The molecule has 8 heteroatoms. The molecule has 1 unspecified atom stereocenters. The van der Waals surface area contributed by atoms with Crippen molar-refractivity contribution in [3.63, 3.8) is 0 Å². The van der Waals surface area contributed by atoms with Gasteiger partial charge in [-0.1, -0.05) is 12.1 Å². The molecule has 2 N–H and O–H groups in total. The van der Waals surface area contributed by atoms with Crippen LogP contribution in [0.3, 0.4) is 0 Å². The van der Waals surface area contributed by atoms with Crippen molar-refractivity contribution in [2.75, 3.05) is 18.4 Å². The van der Waals surface area contributed by atoms with E-state index >= 15 is 0 Å². The number of aliphatic hydroxyl groups is 1. The first kappa shape index (κ1) is 19.6. The van der Waals surface area contributed by atoms with Crippen LogP contribution < -0.4 is 5.32 Å². The maximum atomic E-state index is 12.6. The molecule has 0 spiro atoms. The van der Waals surface area contributed by atoms with Crippen LogP contribution in [-0.4, -0.2) is 39.3 Å². The second-order valence-corrected chi connectivity index (χ2v) is 7.42. The zero-order chi connectivity index (χ0) is 19.7. The third kappa shape index (κ3) is 5.17. The monoisotopic (exact) mass is 380 g/mol. The smallest absolute Gasteiger partial charge is 0.384 e. The number of hydrogen-bond donors (Lipinski definition) is 2. The zero-order valence-electron chi connectivity index (χ0n) is 15.3. The Morgan fingerprint density at radius 3 is 2.37 bits per heavy atom. The summed E-state index contributed by atoms with van der Waals surface area (Å²) < 4.78 is 37.9. The lowest BCUT2D eigenvalue weighted by atomic mass is 10.1. The van der Waals surface area contributed by atoms with E-state index in [2.05, 4.69) is 20.4 Å². The molecule has 0 amide bonds. The largest absolute Gasteiger partial charge is 0.416 e. The summed E-state index contributed by atoms with van der Waals surface area (Å²) in [4.78, 5) is 2.19. The first-order chi connectivity index (χ1) is 12.6. The van der Waals surface area contributed by atoms with Gasteiger partial charge in [0.25, 0.3) is 0 Å². The maximum Gasteiger partial charge on any atom is 0.416 e. The predicted molar refractivity (Wildman–Crippen MR) is 96.0 cm³/mol. The van der Waals surface area contributed by atoms with Crippen molar-refractivity contribution in [1.82, 2.24) is 15.1 Å². The van der Waals surface area contributed by atoms with Gasteiger partial charge >= 0.3 is 6.18 Å². The molecule has 1 fully saturated rings. The molecule has 0 saturated carbocycles. The Kier molecular flexibility index (Phi) is 5.39. The third-order valence-corrected chi connectivity index (χ3v) is 4.60. The highest BCUT2D eigenvalue weighted by Gasteiger charge is 2.30. The van der Waals surface area contributed by atoms with E-state index in [1.165, 1.54) is 12.1 Å². The molecule has 3 rings (SSSR count). The number of halogens is 3. The first-order valence-corrected chi connectivity index (χ1v) is 8.83. The van der Waals surface area contributed by atoms with Crippen LogP contribution in [0, 0.1) is 0 Å². The van der Waals surface area contributed by atoms with Gasteiger partial charge in [0.05, 0.1) is 11.3 Å². The highest BCUT2D eigenvalue weighted by molar-refractivity contribution is 5.35. The molecule has 1 saturated heterocycles. The average molecular weight is 380 g/mol. The summed E-state index contributed by atoms with van der Waals surface area (Å²) in [5, 5.41) is 21.4. The van der Waals surface area contributed by atoms with Crippen LogP contribution in [0.2, 0.25) is 0 Å². The topological polar surface area (TPSA) is 61.3 Å². The van der Waals surface area contributed by atoms with Gasteiger partial charge in [0, 0.05) is 25.7 Å². The van der Waals surface area contributed by atoms with E-state index < -0.39 is 17.3 Å². The number of hydrogen-bond acceptors (Lipinski definition) is 5. The fraction of sp³-hybridized carbons (Fsp3) is 0.474. The Bertz CT molecular complexity index is 689. The summed E-state index contributed by atoms with van der Waals surface area (Å²) >= 11 is 0. The summed E-state index contributed by atoms with van der Waals surface area (Å²) in [6.45, 7) is 5.55. The van der Waals surface area contributed by atoms with E-state index in [1.54, 1.807) is 26.0 Å². The Morgan fingerprint density at radius 2 is 1.81 bits per heavy atom. The van der Waals surface area contributed by atoms with Gasteiger partial charge in [-0.15, -0.1) is 5.10 Å². The van der Waals surface area contributed by atoms with Gasteiger partial charge in [0.2, 0.25) is 0 Å². The summed E-state index contributed by atoms with van der Waals surface area (Å²) in [5.41, 5.74) is -0.293. The van der Waals surface area contributed by atoms with E-state index in [0.29, 0.717) is 18.1 Å². The van der Waals surface area contributed by atoms with E-state index in [-0.39, 0.29) is 6.04 Å². The van der Waals surface area contributed by atoms with Gasteiger partial charge in [-0.2, -0.15) is 18.3 Å². The SMILES string of the molecule is CC(C)(O)c1ccc(NC2CCN(Cc3ccc(C(F)(F)F)cc3)C2)nn1. The molecule has 0 radical (unpaired) electrons. The van der Waals surface area contributed by atoms with Crippen molar-refractivity contribution >= 4 is 5.82 Å². The van der Waals surface area contributed by atoms with Gasteiger partial charge in [-0.25, -0.2) is 0 Å². The van der Waals surface area contributed by atoms with E-state index in [0.717, 1.165) is 37.2 Å². The van der Waals surface area contributed by atoms with E-state index in [4.69, 9.17) is 0 Å². The van der Waals surface area contributed by atoms with Crippen molar-refractivity contribution in [3.05, 3.63) is 53.2 Å². The quantitative estimate of drug-likeness (QED) is 0.833. The number of nitrogens with zero attached hydrogens (tertiary/aromatic N) is 3. The number of anilines is 1. The second kappa shape index (κ2) is 7.44. The minimum atomic E-state index is -4.30. The highest BCUT2D eigenvalue weighted by atomic mass is 19.4. The van der Waals surface area contributed by atoms with Crippen LogP contribution in [0.4, 0.5) is 19.0 Å². The number of benzene rings is 1. The molecule has 1 aromatic carbocycles. The fourth-order valence-corrected chi connectivity index (χ4v) is 3.10. The number of alkyl halides is 3. The van der Waals surface area contributed by atoms with Gasteiger partial charge in [0.1, 0.15) is 11.4 Å². The van der Waals surface area contributed by atoms with Gasteiger partial charge < -0.3 is 10.4 Å². The van der Waals surface area contributed by atoms with Crippen molar-refractivity contribution in [2.45, 2.75) is 44.6 Å². The van der Waals surface area contributed by atoms with Crippen molar-refractivity contribution < 1.29 is 18.3 Å². The Labute approximate surface area is 156 Å². The Morgan fingerprint density at radius 1 is 1.11 bits per heavy atom. The predicted octanol–water partition coefficient (Wildman–Crippen LogP) is 3.41. The molecule has 2 heterocycles. The molecule has 1 atom stereocenters. The average Bonchev–Trinajstić information content (AvgIpc) is 3.01. The zero-order valence-corrected chi connectivity index (χ0v) is 15.3. The number of rotatable bonds is 5. The molecule has 2 aromatic rings. The molecule has 27 heavy (non-hydrogen) atoms. The lowest BCUT2D eigenvalue weighted by Gasteiger charge is -2.18. The van der Waals surface area contributed by atoms with Crippen LogP contribution >= 0.6 is 0 Å². The van der Waals surface area contributed by atoms with Gasteiger partial charge in [-0.05, 0) is 50.1 Å². The molecule has 1 aromatic heterocycles. The molecular weight excluding hydrogens is 357 g/mol. The lowest BCUT2D eigenvalue weighted by Crippen LogP contribution is -2.26. The summed E-state index contributed by atoms with van der Waals surface area (Å²) in [5.74, 6) is 0.643. The fourth-order valence-electron chi connectivity index (χ4n) is 3.10. The number of nitrogens with one attached hydrogen (secondary N) is 1. The molecule has 1 aliphatic rings. The van der Waals surface area contributed by atoms with Gasteiger partial charge in [0.15, 0.2) is 0 Å². The normalized spacial score (nSPS) is 18.7. The van der Waals surface area contributed by atoms with Crippen LogP contribution in [0.5, 0.6) is 0 Å². The third-order valence-electron chi connectivity index (χ3n) is 4.60. The van der Waals surface area contributed by atoms with Crippen molar-refractivity contribution in [3.8, 4) is 0 Å². The second-order valence-electron chi connectivity index (χ2n) is 7.42. The minimum Gasteiger partial charge on any atom is -0.384 e. The molecule has 146 valence electrons. The van der Waals surface area contributed by atoms with Crippen LogP contribution in [0.25, 0.3) is 0 Å². The summed E-state index contributed by atoms with van der Waals surface area (Å²) in [6, 6.07) is 9.04. The highest BCUT2D eigenvalue weighted by Crippen LogP contribution is 2.29. The Balaban J connectivity index is 1.53. The van der Waals surface area contributed by atoms with Crippen molar-refractivity contribution in [2.24, 2.45) is 0 Å². The minimum absolute atomic E-state index is 0.196. The van der Waals surface area contributed by atoms with Gasteiger partial charge in [-0.3, -0.25) is 4.90 Å². The number of likely N-dealkylation sites (tertiary alicyclic amines) is 1. The van der Waals surface area contributed by atoms with Crippen molar-refractivity contribution in [1.29, 1.82) is 0 Å². The Hall–Kier alpha value is -2.19. The maximum absolute atomic E-state index is 12.6. The first-order valence-electron chi connectivity index (χ1n) is 8.83. The standard InChI is InChI=1S/C19H23F3N4O/c1-18(2,27)16-7-8-17(25-24-16)23-15-9-10-26(12-15)11-13-3-5-14(6-4-13)19(20,21)22/h3-8,15,27H,9-12H2,1-2H3,(H,23,25). The lowest BCUT2D eigenvalue weighted by molar-refractivity contribution is -0.137. The summed E-state index contributed by atoms with van der Waals surface area (Å²) in [7, 11) is 0. The van der Waals surface area contributed by atoms with Crippen LogP contribution in [0.15, 0.2) is 36.4 Å². The summed E-state index contributed by atoms with van der Waals surface area (Å²) in [6.07, 6.45) is -3.39. The number of aromatic nitrogens is 2. The van der Waals surface area contributed by atoms with Crippen LogP contribution in [0.1, 0.15) is 37.1 Å². The molecule has 1 aliphatic heterocycles. The van der Waals surface area contributed by atoms with Crippen LogP contribution in [-0.2, 0) is 18.3 Å². The molecule has 0 aliphatic carbocycles. The molecule has 0 bridgehead atoms. The molecule has 5 nitrogen and oxygen atoms in total. The molecular formula is C19H23F3N4O. The van der Waals surface area contributed by atoms with E-state index in [9.17, 15) is 18.3 Å². The van der Waals surface area contributed by atoms with E-state index in [1.807, 2.05) is 0 Å².